The highest BCUT2D eigenvalue weighted by Gasteiger charge is 2.34. The van der Waals surface area contributed by atoms with Crippen LogP contribution in [0, 0.1) is 0 Å². The lowest BCUT2D eigenvalue weighted by atomic mass is 10.0. The number of nitrogens with one attached hydrogen (secondary N) is 1. The van der Waals surface area contributed by atoms with Crippen molar-refractivity contribution in [2.45, 2.75) is 51.5 Å². The third-order valence-electron chi connectivity index (χ3n) is 4.14. The highest BCUT2D eigenvalue weighted by molar-refractivity contribution is 5.68. The van der Waals surface area contributed by atoms with Crippen LogP contribution in [0.15, 0.2) is 54.6 Å². The highest BCUT2D eigenvalue weighted by atomic mass is 16.6. The van der Waals surface area contributed by atoms with Crippen LogP contribution in [0.4, 0.5) is 4.79 Å². The number of alkyl carbamates (subject to hydrolysis) is 1. The standard InChI is InChI=1S/C22H27NO4/c1-22(2,3)27-21(24)23-19(20-15-26-20)13-16-9-11-18(12-10-16)25-14-17-7-5-4-6-8-17/h4-12,19-20H,13-15H2,1-3H3,(H,23,24). The van der Waals surface area contributed by atoms with Crippen LogP contribution in [0.5, 0.6) is 5.75 Å². The van der Waals surface area contributed by atoms with Crippen LogP contribution in [0.25, 0.3) is 0 Å². The molecule has 1 N–H and O–H groups in total. The van der Waals surface area contributed by atoms with Gasteiger partial charge < -0.3 is 19.5 Å². The molecule has 5 nitrogen and oxygen atoms in total. The number of carbonyl (C=O) groups excluding carboxylic acids is 1. The molecule has 2 aromatic rings. The second kappa shape index (κ2) is 8.44. The van der Waals surface area contributed by atoms with Gasteiger partial charge in [0.05, 0.1) is 12.6 Å². The van der Waals surface area contributed by atoms with Gasteiger partial charge in [0.2, 0.25) is 0 Å². The van der Waals surface area contributed by atoms with Gasteiger partial charge in [-0.3, -0.25) is 0 Å². The first kappa shape index (κ1) is 19.2. The lowest BCUT2D eigenvalue weighted by molar-refractivity contribution is 0.0495. The molecule has 0 saturated carbocycles. The summed E-state index contributed by atoms with van der Waals surface area (Å²) in [4.78, 5) is 12.1. The van der Waals surface area contributed by atoms with Gasteiger partial charge in [0.15, 0.2) is 0 Å². The lowest BCUT2D eigenvalue weighted by Gasteiger charge is -2.23. The quantitative estimate of drug-likeness (QED) is 0.747. The normalized spacial score (nSPS) is 17.1. The van der Waals surface area contributed by atoms with Crippen molar-refractivity contribution >= 4 is 6.09 Å². The molecule has 1 aliphatic heterocycles. The Balaban J connectivity index is 1.53. The third-order valence-corrected chi connectivity index (χ3v) is 4.14. The van der Waals surface area contributed by atoms with Crippen LogP contribution in [-0.2, 0) is 22.5 Å². The molecule has 1 saturated heterocycles. The van der Waals surface area contributed by atoms with Gasteiger partial charge in [-0.2, -0.15) is 0 Å². The molecule has 2 aromatic carbocycles. The molecule has 1 amide bonds. The summed E-state index contributed by atoms with van der Waals surface area (Å²) in [6, 6.07) is 17.9. The number of hydrogen-bond acceptors (Lipinski definition) is 4. The fourth-order valence-corrected chi connectivity index (χ4v) is 2.74. The highest BCUT2D eigenvalue weighted by Crippen LogP contribution is 2.21. The monoisotopic (exact) mass is 369 g/mol. The van der Waals surface area contributed by atoms with E-state index in [9.17, 15) is 4.79 Å². The number of epoxide rings is 1. The Morgan fingerprint density at radius 2 is 1.78 bits per heavy atom. The largest absolute Gasteiger partial charge is 0.489 e. The maximum Gasteiger partial charge on any atom is 0.407 e. The molecule has 144 valence electrons. The summed E-state index contributed by atoms with van der Waals surface area (Å²) < 4.78 is 16.6. The summed E-state index contributed by atoms with van der Waals surface area (Å²) in [5, 5.41) is 2.93. The van der Waals surface area contributed by atoms with E-state index in [1.165, 1.54) is 0 Å². The van der Waals surface area contributed by atoms with Gasteiger partial charge in [-0.05, 0) is 50.5 Å². The molecule has 0 radical (unpaired) electrons. The summed E-state index contributed by atoms with van der Waals surface area (Å²) in [5.74, 6) is 0.821. The second-order valence-electron chi connectivity index (χ2n) is 7.75. The number of ether oxygens (including phenoxy) is 3. The van der Waals surface area contributed by atoms with Crippen LogP contribution in [0.1, 0.15) is 31.9 Å². The molecule has 0 aromatic heterocycles. The fraction of sp³-hybridized carbons (Fsp3) is 0.409. The van der Waals surface area contributed by atoms with Gasteiger partial charge in [-0.15, -0.1) is 0 Å². The first-order valence-corrected chi connectivity index (χ1v) is 9.26. The van der Waals surface area contributed by atoms with Crippen molar-refractivity contribution < 1.29 is 19.0 Å². The molecule has 0 spiro atoms. The Morgan fingerprint density at radius 3 is 2.37 bits per heavy atom. The van der Waals surface area contributed by atoms with Gasteiger partial charge in [-0.25, -0.2) is 4.79 Å². The molecular weight excluding hydrogens is 342 g/mol. The molecule has 2 atom stereocenters. The Kier molecular flexibility index (Phi) is 6.01. The average Bonchev–Trinajstić information content (AvgIpc) is 3.45. The minimum absolute atomic E-state index is 0.0477. The number of rotatable bonds is 7. The van der Waals surface area contributed by atoms with E-state index in [2.05, 4.69) is 5.32 Å². The Morgan fingerprint density at radius 1 is 1.11 bits per heavy atom. The van der Waals surface area contributed by atoms with Crippen LogP contribution >= 0.6 is 0 Å². The van der Waals surface area contributed by atoms with E-state index < -0.39 is 11.7 Å². The van der Waals surface area contributed by atoms with Gasteiger partial charge in [0.25, 0.3) is 0 Å². The maximum absolute atomic E-state index is 12.1. The lowest BCUT2D eigenvalue weighted by Crippen LogP contribution is -2.43. The number of hydrogen-bond donors (Lipinski definition) is 1. The van der Waals surface area contributed by atoms with E-state index in [0.717, 1.165) is 16.9 Å². The molecule has 5 heteroatoms. The van der Waals surface area contributed by atoms with Crippen LogP contribution < -0.4 is 10.1 Å². The Labute approximate surface area is 160 Å². The van der Waals surface area contributed by atoms with Crippen molar-refractivity contribution in [2.24, 2.45) is 0 Å². The first-order valence-electron chi connectivity index (χ1n) is 9.26. The second-order valence-corrected chi connectivity index (χ2v) is 7.75. The van der Waals surface area contributed by atoms with Crippen LogP contribution in [-0.4, -0.2) is 30.4 Å². The van der Waals surface area contributed by atoms with Crippen molar-refractivity contribution in [1.29, 1.82) is 0 Å². The van der Waals surface area contributed by atoms with Crippen molar-refractivity contribution in [1.82, 2.24) is 5.32 Å². The first-order chi connectivity index (χ1) is 12.9. The van der Waals surface area contributed by atoms with Crippen molar-refractivity contribution in [3.05, 3.63) is 65.7 Å². The Hall–Kier alpha value is -2.53. The number of amides is 1. The fourth-order valence-electron chi connectivity index (χ4n) is 2.74. The van der Waals surface area contributed by atoms with E-state index in [0.29, 0.717) is 19.6 Å². The zero-order valence-corrected chi connectivity index (χ0v) is 16.1. The molecule has 1 heterocycles. The summed E-state index contributed by atoms with van der Waals surface area (Å²) in [7, 11) is 0. The van der Waals surface area contributed by atoms with E-state index >= 15 is 0 Å². The topological polar surface area (TPSA) is 60.1 Å². The van der Waals surface area contributed by atoms with Crippen molar-refractivity contribution in [3.63, 3.8) is 0 Å². The van der Waals surface area contributed by atoms with Crippen molar-refractivity contribution in [2.75, 3.05) is 6.61 Å². The molecule has 2 unspecified atom stereocenters. The number of benzene rings is 2. The minimum Gasteiger partial charge on any atom is -0.489 e. The van der Waals surface area contributed by atoms with Crippen LogP contribution in [0.3, 0.4) is 0 Å². The maximum atomic E-state index is 12.1. The third kappa shape index (κ3) is 6.61. The van der Waals surface area contributed by atoms with Gasteiger partial charge in [0.1, 0.15) is 24.1 Å². The minimum atomic E-state index is -0.517. The van der Waals surface area contributed by atoms with Gasteiger partial charge in [-0.1, -0.05) is 42.5 Å². The molecule has 27 heavy (non-hydrogen) atoms. The van der Waals surface area contributed by atoms with Gasteiger partial charge >= 0.3 is 6.09 Å². The Bertz CT molecular complexity index is 733. The molecule has 1 fully saturated rings. The SMILES string of the molecule is CC(C)(C)OC(=O)NC(Cc1ccc(OCc2ccccc2)cc1)C1CO1. The zero-order valence-electron chi connectivity index (χ0n) is 16.1. The van der Waals surface area contributed by atoms with Crippen molar-refractivity contribution in [3.8, 4) is 5.75 Å². The predicted octanol–water partition coefficient (Wildman–Crippen LogP) is 4.10. The molecule has 3 rings (SSSR count). The van der Waals surface area contributed by atoms with E-state index in [-0.39, 0.29) is 12.1 Å². The summed E-state index contributed by atoms with van der Waals surface area (Å²) in [6.07, 6.45) is 0.320. The summed E-state index contributed by atoms with van der Waals surface area (Å²) in [6.45, 7) is 6.76. The molecule has 1 aliphatic rings. The average molecular weight is 369 g/mol. The van der Waals surface area contributed by atoms with Crippen LogP contribution in [0.2, 0.25) is 0 Å². The summed E-state index contributed by atoms with van der Waals surface area (Å²) in [5.41, 5.74) is 1.73. The smallest absolute Gasteiger partial charge is 0.407 e. The predicted molar refractivity (Wildman–Crippen MR) is 104 cm³/mol. The molecule has 0 aliphatic carbocycles. The van der Waals surface area contributed by atoms with E-state index in [4.69, 9.17) is 14.2 Å². The van der Waals surface area contributed by atoms with E-state index in [1.807, 2.05) is 75.4 Å². The number of carbonyl (C=O) groups is 1. The van der Waals surface area contributed by atoms with Gasteiger partial charge in [0, 0.05) is 0 Å². The molecule has 0 bridgehead atoms. The van der Waals surface area contributed by atoms with E-state index in [1.54, 1.807) is 0 Å². The molecular formula is C22H27NO4. The zero-order chi connectivity index (χ0) is 19.3. The summed E-state index contributed by atoms with van der Waals surface area (Å²) >= 11 is 0.